The molecule has 0 amide bonds. The van der Waals surface area contributed by atoms with E-state index in [4.69, 9.17) is 5.73 Å². The molecule has 2 N–H and O–H groups in total. The van der Waals surface area contributed by atoms with E-state index in [-0.39, 0.29) is 11.8 Å². The van der Waals surface area contributed by atoms with Gasteiger partial charge < -0.3 is 5.73 Å². The van der Waals surface area contributed by atoms with Gasteiger partial charge >= 0.3 is 0 Å². The number of nitrogens with zero attached hydrogens (tertiary/aromatic N) is 4. The molecule has 4 rings (SSSR count). The maximum atomic E-state index is 6.00. The summed E-state index contributed by atoms with van der Waals surface area (Å²) in [5.41, 5.74) is 8.96. The lowest BCUT2D eigenvalue weighted by atomic mass is 9.86. The Hall–Kier alpha value is -3.34. The molecule has 0 spiro atoms. The predicted molar refractivity (Wildman–Crippen MR) is 106 cm³/mol. The van der Waals surface area contributed by atoms with Gasteiger partial charge in [-0.1, -0.05) is 60.7 Å². The fourth-order valence-corrected chi connectivity index (χ4v) is 3.17. The first-order valence-corrected chi connectivity index (χ1v) is 8.60. The molecule has 0 bridgehead atoms. The normalized spacial score (nSPS) is 21.7. The minimum Gasteiger partial charge on any atom is -0.382 e. The zero-order chi connectivity index (χ0) is 17.8. The fraction of sp³-hybridized carbons (Fsp3) is 0.143. The first-order chi connectivity index (χ1) is 12.8. The Balaban J connectivity index is 1.82. The standard InChI is InChI=1S/C21H19N5/c22-20-19-21(26-14-25-20)24-13-18(16-9-5-2-6-10-16)11-17(12-23-19)15-7-3-1-4-8-15/h1-10,12-14,17-18H,11H2,(H2,22,25,26)/b23-12-,24-13-. The van der Waals surface area contributed by atoms with Crippen LogP contribution >= 0.6 is 0 Å². The van der Waals surface area contributed by atoms with Crippen LogP contribution < -0.4 is 5.73 Å². The quantitative estimate of drug-likeness (QED) is 0.749. The molecule has 2 atom stereocenters. The van der Waals surface area contributed by atoms with E-state index in [1.54, 1.807) is 0 Å². The highest BCUT2D eigenvalue weighted by atomic mass is 15.0. The number of nitrogens with two attached hydrogens (primary N) is 1. The second kappa shape index (κ2) is 7.27. The third-order valence-electron chi connectivity index (χ3n) is 4.55. The predicted octanol–water partition coefficient (Wildman–Crippen LogP) is 4.43. The van der Waals surface area contributed by atoms with Crippen molar-refractivity contribution in [2.75, 3.05) is 5.73 Å². The van der Waals surface area contributed by atoms with Crippen LogP contribution in [0.25, 0.3) is 0 Å². The van der Waals surface area contributed by atoms with Gasteiger partial charge in [0.25, 0.3) is 0 Å². The lowest BCUT2D eigenvalue weighted by Gasteiger charge is -2.18. The molecule has 3 aromatic rings. The van der Waals surface area contributed by atoms with Gasteiger partial charge in [0, 0.05) is 24.3 Å². The summed E-state index contributed by atoms with van der Waals surface area (Å²) >= 11 is 0. The average molecular weight is 341 g/mol. The van der Waals surface area contributed by atoms with Gasteiger partial charge in [0.2, 0.25) is 0 Å². The van der Waals surface area contributed by atoms with Gasteiger partial charge in [0.15, 0.2) is 11.6 Å². The lowest BCUT2D eigenvalue weighted by molar-refractivity contribution is 0.739. The van der Waals surface area contributed by atoms with Crippen molar-refractivity contribution in [2.24, 2.45) is 9.98 Å². The molecule has 1 aliphatic heterocycles. The molecule has 2 aromatic carbocycles. The van der Waals surface area contributed by atoms with Gasteiger partial charge in [-0.3, -0.25) is 4.99 Å². The van der Waals surface area contributed by atoms with Crippen LogP contribution in [0.5, 0.6) is 0 Å². The van der Waals surface area contributed by atoms with Crippen molar-refractivity contribution < 1.29 is 0 Å². The lowest BCUT2D eigenvalue weighted by Crippen LogP contribution is -2.09. The molecule has 2 heterocycles. The number of hydrogen-bond donors (Lipinski definition) is 1. The van der Waals surface area contributed by atoms with Crippen LogP contribution in [-0.4, -0.2) is 22.4 Å². The van der Waals surface area contributed by atoms with Gasteiger partial charge in [-0.05, 0) is 17.5 Å². The molecule has 26 heavy (non-hydrogen) atoms. The summed E-state index contributed by atoms with van der Waals surface area (Å²) < 4.78 is 0. The Bertz CT molecular complexity index is 935. The highest BCUT2D eigenvalue weighted by molar-refractivity contribution is 5.83. The van der Waals surface area contributed by atoms with Crippen molar-refractivity contribution in [3.8, 4) is 0 Å². The van der Waals surface area contributed by atoms with E-state index in [9.17, 15) is 0 Å². The van der Waals surface area contributed by atoms with Gasteiger partial charge in [-0.2, -0.15) is 0 Å². The zero-order valence-electron chi connectivity index (χ0n) is 14.2. The van der Waals surface area contributed by atoms with Crippen LogP contribution in [-0.2, 0) is 0 Å². The van der Waals surface area contributed by atoms with Crippen LogP contribution in [0.4, 0.5) is 17.3 Å². The zero-order valence-corrected chi connectivity index (χ0v) is 14.2. The Labute approximate surface area is 152 Å². The fourth-order valence-electron chi connectivity index (χ4n) is 3.17. The Morgan fingerprint density at radius 2 is 1.31 bits per heavy atom. The molecule has 1 aliphatic rings. The Morgan fingerprint density at radius 1 is 0.731 bits per heavy atom. The third-order valence-corrected chi connectivity index (χ3v) is 4.55. The van der Waals surface area contributed by atoms with E-state index in [2.05, 4.69) is 56.4 Å². The number of hydrogen-bond acceptors (Lipinski definition) is 5. The van der Waals surface area contributed by atoms with Crippen molar-refractivity contribution >= 4 is 29.8 Å². The minimum absolute atomic E-state index is 0.137. The molecule has 0 radical (unpaired) electrons. The van der Waals surface area contributed by atoms with Crippen LogP contribution in [0.15, 0.2) is 77.0 Å². The smallest absolute Gasteiger partial charge is 0.183 e. The van der Waals surface area contributed by atoms with Crippen molar-refractivity contribution in [1.82, 2.24) is 9.97 Å². The molecule has 0 saturated carbocycles. The number of benzene rings is 2. The van der Waals surface area contributed by atoms with E-state index in [0.29, 0.717) is 17.3 Å². The molecule has 5 heteroatoms. The van der Waals surface area contributed by atoms with Gasteiger partial charge in [0.05, 0.1) is 0 Å². The molecule has 5 nitrogen and oxygen atoms in total. The second-order valence-electron chi connectivity index (χ2n) is 6.26. The number of anilines is 1. The molecule has 0 saturated heterocycles. The summed E-state index contributed by atoms with van der Waals surface area (Å²) in [5.74, 6) is 1.13. The third kappa shape index (κ3) is 3.37. The molecule has 0 fully saturated rings. The van der Waals surface area contributed by atoms with Crippen LogP contribution in [0.2, 0.25) is 0 Å². The summed E-state index contributed by atoms with van der Waals surface area (Å²) in [5, 5.41) is 0. The van der Waals surface area contributed by atoms with Crippen molar-refractivity contribution in [3.63, 3.8) is 0 Å². The van der Waals surface area contributed by atoms with Crippen LogP contribution in [0.3, 0.4) is 0 Å². The molecule has 0 aliphatic carbocycles. The number of aliphatic imine (C=N–C) groups is 2. The minimum atomic E-state index is 0.137. The largest absolute Gasteiger partial charge is 0.382 e. The van der Waals surface area contributed by atoms with E-state index in [1.165, 1.54) is 17.5 Å². The average Bonchev–Trinajstić information content (AvgIpc) is 2.79. The molecule has 1 aromatic heterocycles. The summed E-state index contributed by atoms with van der Waals surface area (Å²) in [7, 11) is 0. The Kier molecular flexibility index (Phi) is 4.51. The highest BCUT2D eigenvalue weighted by Gasteiger charge is 2.20. The first-order valence-electron chi connectivity index (χ1n) is 8.60. The van der Waals surface area contributed by atoms with Crippen LogP contribution in [0.1, 0.15) is 29.4 Å². The number of rotatable bonds is 2. The topological polar surface area (TPSA) is 76.5 Å². The van der Waals surface area contributed by atoms with Gasteiger partial charge in [-0.15, -0.1) is 0 Å². The van der Waals surface area contributed by atoms with Crippen molar-refractivity contribution in [2.45, 2.75) is 18.3 Å². The number of fused-ring (bicyclic) bond motifs is 1. The number of nitrogen functional groups attached to an aromatic ring is 1. The number of aromatic nitrogens is 2. The molecular weight excluding hydrogens is 322 g/mol. The van der Waals surface area contributed by atoms with E-state index < -0.39 is 0 Å². The summed E-state index contributed by atoms with van der Waals surface area (Å²) in [6, 6.07) is 20.7. The summed E-state index contributed by atoms with van der Waals surface area (Å²) in [6.45, 7) is 0. The molecular formula is C21H19N5. The summed E-state index contributed by atoms with van der Waals surface area (Å²) in [4.78, 5) is 17.5. The SMILES string of the molecule is Nc1ncnc2c1/N=C\C(c1ccccc1)CC(c1ccccc1)/C=N\2. The molecule has 2 unspecified atom stereocenters. The second-order valence-corrected chi connectivity index (χ2v) is 6.26. The maximum Gasteiger partial charge on any atom is 0.183 e. The van der Waals surface area contributed by atoms with E-state index in [0.717, 1.165) is 6.42 Å². The Morgan fingerprint density at radius 3 is 1.92 bits per heavy atom. The van der Waals surface area contributed by atoms with Crippen molar-refractivity contribution in [1.29, 1.82) is 0 Å². The van der Waals surface area contributed by atoms with Crippen LogP contribution in [0, 0.1) is 0 Å². The van der Waals surface area contributed by atoms with Gasteiger partial charge in [-0.25, -0.2) is 15.0 Å². The van der Waals surface area contributed by atoms with E-state index in [1.807, 2.05) is 36.7 Å². The highest BCUT2D eigenvalue weighted by Crippen LogP contribution is 2.35. The first kappa shape index (κ1) is 16.1. The maximum absolute atomic E-state index is 6.00. The monoisotopic (exact) mass is 341 g/mol. The van der Waals surface area contributed by atoms with Crippen molar-refractivity contribution in [3.05, 3.63) is 78.1 Å². The summed E-state index contributed by atoms with van der Waals surface area (Å²) in [6.07, 6.45) is 6.18. The molecule has 128 valence electrons. The van der Waals surface area contributed by atoms with E-state index >= 15 is 0 Å². The van der Waals surface area contributed by atoms with Gasteiger partial charge in [0.1, 0.15) is 12.0 Å².